The van der Waals surface area contributed by atoms with Crippen LogP contribution in [0.15, 0.2) is 0 Å². The zero-order valence-corrected chi connectivity index (χ0v) is 10.8. The van der Waals surface area contributed by atoms with Crippen LogP contribution in [0.4, 0.5) is 0 Å². The summed E-state index contributed by atoms with van der Waals surface area (Å²) < 4.78 is 5.33. The molecule has 0 bridgehead atoms. The molecule has 1 heterocycles. The maximum Gasteiger partial charge on any atom is 0.227 e. The molecule has 1 saturated carbocycles. The van der Waals surface area contributed by atoms with Crippen molar-refractivity contribution in [1.29, 1.82) is 0 Å². The molecule has 1 aliphatic heterocycles. The van der Waals surface area contributed by atoms with Crippen LogP contribution in [-0.4, -0.2) is 39.3 Å². The fraction of sp³-hybridized carbons (Fsp3) is 0.923. The molecule has 1 aliphatic carbocycles. The Morgan fingerprint density at radius 2 is 2.06 bits per heavy atom. The van der Waals surface area contributed by atoms with Gasteiger partial charge in [0, 0.05) is 26.3 Å². The molecule has 0 aromatic rings. The van der Waals surface area contributed by atoms with Gasteiger partial charge in [0.1, 0.15) is 0 Å². The Kier molecular flexibility index (Phi) is 4.40. The largest absolute Gasteiger partial charge is 0.381 e. The summed E-state index contributed by atoms with van der Waals surface area (Å²) in [4.78, 5) is 12.0. The lowest BCUT2D eigenvalue weighted by atomic mass is 9.96. The van der Waals surface area contributed by atoms with Crippen molar-refractivity contribution in [3.05, 3.63) is 0 Å². The Bertz CT molecular complexity index is 258. The summed E-state index contributed by atoms with van der Waals surface area (Å²) in [5.41, 5.74) is -0.0789. The molecule has 2 fully saturated rings. The summed E-state index contributed by atoms with van der Waals surface area (Å²) in [6, 6.07) is 0. The van der Waals surface area contributed by atoms with Gasteiger partial charge in [-0.1, -0.05) is 0 Å². The summed E-state index contributed by atoms with van der Waals surface area (Å²) >= 11 is 0. The molecular weight excluding hydrogens is 216 g/mol. The highest BCUT2D eigenvalue weighted by Gasteiger charge is 2.48. The minimum absolute atomic E-state index is 0.0789. The third kappa shape index (κ3) is 3.42. The van der Waals surface area contributed by atoms with E-state index >= 15 is 0 Å². The van der Waals surface area contributed by atoms with Gasteiger partial charge in [0.2, 0.25) is 5.91 Å². The van der Waals surface area contributed by atoms with Crippen LogP contribution in [-0.2, 0) is 9.53 Å². The second kappa shape index (κ2) is 5.83. The summed E-state index contributed by atoms with van der Waals surface area (Å²) in [6.45, 7) is 3.43. The zero-order chi connectivity index (χ0) is 12.1. The molecule has 0 aromatic carbocycles. The normalized spacial score (nSPS) is 23.4. The van der Waals surface area contributed by atoms with Gasteiger partial charge < -0.3 is 15.4 Å². The average Bonchev–Trinajstić information content (AvgIpc) is 3.12. The molecular formula is C13H24N2O2. The third-order valence-electron chi connectivity index (χ3n) is 4.03. The number of ether oxygens (including phenoxy) is 1. The minimum Gasteiger partial charge on any atom is -0.381 e. The topological polar surface area (TPSA) is 50.4 Å². The number of hydrogen-bond acceptors (Lipinski definition) is 3. The molecule has 0 unspecified atom stereocenters. The lowest BCUT2D eigenvalue weighted by molar-refractivity contribution is -0.126. The number of rotatable bonds is 6. The van der Waals surface area contributed by atoms with Gasteiger partial charge in [0.25, 0.3) is 0 Å². The van der Waals surface area contributed by atoms with E-state index in [0.29, 0.717) is 0 Å². The zero-order valence-electron chi connectivity index (χ0n) is 10.8. The van der Waals surface area contributed by atoms with Crippen LogP contribution < -0.4 is 10.6 Å². The lowest BCUT2D eigenvalue weighted by Gasteiger charge is -2.22. The molecule has 2 rings (SSSR count). The molecule has 0 radical (unpaired) electrons. The average molecular weight is 240 g/mol. The van der Waals surface area contributed by atoms with E-state index in [9.17, 15) is 4.79 Å². The van der Waals surface area contributed by atoms with Crippen molar-refractivity contribution in [1.82, 2.24) is 10.6 Å². The van der Waals surface area contributed by atoms with E-state index in [4.69, 9.17) is 4.74 Å². The molecule has 98 valence electrons. The van der Waals surface area contributed by atoms with Crippen LogP contribution in [0.5, 0.6) is 0 Å². The fourth-order valence-corrected chi connectivity index (χ4v) is 2.59. The first-order chi connectivity index (χ1) is 8.27. The van der Waals surface area contributed by atoms with Crippen LogP contribution in [0.1, 0.15) is 32.1 Å². The van der Waals surface area contributed by atoms with Crippen LogP contribution >= 0.6 is 0 Å². The summed E-state index contributed by atoms with van der Waals surface area (Å²) in [7, 11) is 1.91. The van der Waals surface area contributed by atoms with Crippen molar-refractivity contribution in [2.45, 2.75) is 32.1 Å². The molecule has 0 spiro atoms. The van der Waals surface area contributed by atoms with Gasteiger partial charge >= 0.3 is 0 Å². The van der Waals surface area contributed by atoms with Gasteiger partial charge in [-0.2, -0.15) is 0 Å². The quantitative estimate of drug-likeness (QED) is 0.726. The highest BCUT2D eigenvalue weighted by molar-refractivity contribution is 5.85. The smallest absolute Gasteiger partial charge is 0.227 e. The maximum absolute atomic E-state index is 12.0. The Balaban J connectivity index is 1.63. The second-order valence-corrected chi connectivity index (χ2v) is 5.41. The van der Waals surface area contributed by atoms with E-state index < -0.39 is 0 Å². The molecule has 2 N–H and O–H groups in total. The van der Waals surface area contributed by atoms with Crippen LogP contribution in [0.2, 0.25) is 0 Å². The van der Waals surface area contributed by atoms with Gasteiger partial charge in [-0.05, 0) is 45.1 Å². The standard InChI is InChI=1S/C13H24N2O2/c1-14-10-13(5-6-13)12(16)15-7-2-11-3-8-17-9-4-11/h11,14H,2-10H2,1H3,(H,15,16). The van der Waals surface area contributed by atoms with E-state index in [1.807, 2.05) is 7.05 Å². The Hall–Kier alpha value is -0.610. The van der Waals surface area contributed by atoms with E-state index in [1.54, 1.807) is 0 Å². The first kappa shape index (κ1) is 12.8. The van der Waals surface area contributed by atoms with Gasteiger partial charge in [-0.15, -0.1) is 0 Å². The van der Waals surface area contributed by atoms with E-state index in [-0.39, 0.29) is 11.3 Å². The molecule has 4 heteroatoms. The summed E-state index contributed by atoms with van der Waals surface area (Å²) in [6.07, 6.45) is 5.48. The highest BCUT2D eigenvalue weighted by atomic mass is 16.5. The Morgan fingerprint density at radius 3 is 2.65 bits per heavy atom. The number of amides is 1. The molecule has 0 aromatic heterocycles. The van der Waals surface area contributed by atoms with Gasteiger partial charge in [-0.3, -0.25) is 4.79 Å². The van der Waals surface area contributed by atoms with Crippen LogP contribution in [0.25, 0.3) is 0 Å². The molecule has 4 nitrogen and oxygen atoms in total. The Labute approximate surface area is 103 Å². The predicted octanol–water partition coefficient (Wildman–Crippen LogP) is 0.919. The number of nitrogens with one attached hydrogen (secondary N) is 2. The Morgan fingerprint density at radius 1 is 1.35 bits per heavy atom. The molecule has 1 amide bonds. The first-order valence-corrected chi connectivity index (χ1v) is 6.77. The minimum atomic E-state index is -0.0789. The second-order valence-electron chi connectivity index (χ2n) is 5.41. The van der Waals surface area contributed by atoms with Crippen molar-refractivity contribution < 1.29 is 9.53 Å². The van der Waals surface area contributed by atoms with Crippen molar-refractivity contribution in [3.8, 4) is 0 Å². The van der Waals surface area contributed by atoms with Gasteiger partial charge in [0.15, 0.2) is 0 Å². The predicted molar refractivity (Wildman–Crippen MR) is 66.8 cm³/mol. The van der Waals surface area contributed by atoms with Gasteiger partial charge in [-0.25, -0.2) is 0 Å². The summed E-state index contributed by atoms with van der Waals surface area (Å²) in [5.74, 6) is 0.988. The SMILES string of the molecule is CNCC1(C(=O)NCCC2CCOCC2)CC1. The third-order valence-corrected chi connectivity index (χ3v) is 4.03. The molecule has 1 saturated heterocycles. The van der Waals surface area contributed by atoms with Crippen molar-refractivity contribution in [2.75, 3.05) is 33.4 Å². The number of carbonyl (C=O) groups excluding carboxylic acids is 1. The van der Waals surface area contributed by atoms with Crippen LogP contribution in [0.3, 0.4) is 0 Å². The molecule has 2 aliphatic rings. The van der Waals surface area contributed by atoms with E-state index in [0.717, 1.165) is 64.3 Å². The van der Waals surface area contributed by atoms with Crippen molar-refractivity contribution in [2.24, 2.45) is 11.3 Å². The number of carbonyl (C=O) groups is 1. The highest BCUT2D eigenvalue weighted by Crippen LogP contribution is 2.45. The monoisotopic (exact) mass is 240 g/mol. The van der Waals surface area contributed by atoms with Crippen molar-refractivity contribution >= 4 is 5.91 Å². The van der Waals surface area contributed by atoms with Crippen LogP contribution in [0, 0.1) is 11.3 Å². The first-order valence-electron chi connectivity index (χ1n) is 6.77. The number of hydrogen-bond donors (Lipinski definition) is 2. The summed E-state index contributed by atoms with van der Waals surface area (Å²) in [5, 5.41) is 6.21. The van der Waals surface area contributed by atoms with E-state index in [2.05, 4.69) is 10.6 Å². The van der Waals surface area contributed by atoms with E-state index in [1.165, 1.54) is 0 Å². The molecule has 0 atom stereocenters. The van der Waals surface area contributed by atoms with Crippen molar-refractivity contribution in [3.63, 3.8) is 0 Å². The lowest BCUT2D eigenvalue weighted by Crippen LogP contribution is -2.38. The molecule has 17 heavy (non-hydrogen) atoms. The van der Waals surface area contributed by atoms with Gasteiger partial charge in [0.05, 0.1) is 5.41 Å². The fourth-order valence-electron chi connectivity index (χ4n) is 2.59. The maximum atomic E-state index is 12.0.